The number of pyridine rings is 1. The molecule has 0 aromatic carbocycles. The number of rotatable bonds is 5. The highest BCUT2D eigenvalue weighted by atomic mass is 32.2. The van der Waals surface area contributed by atoms with Crippen LogP contribution in [-0.4, -0.2) is 21.4 Å². The van der Waals surface area contributed by atoms with Gasteiger partial charge in [0.25, 0.3) is 0 Å². The fourth-order valence-electron chi connectivity index (χ4n) is 1.64. The Morgan fingerprint density at radius 2 is 2.28 bits per heavy atom. The van der Waals surface area contributed by atoms with Crippen LogP contribution in [0, 0.1) is 6.92 Å². The standard InChI is InChI=1S/C12H16N4S2/c1-4-10(13-3)11-6-5-9(7-14-11)17-12-15-8(2)16-18-12/h5-7,10,13H,4H2,1-3H3. The van der Waals surface area contributed by atoms with Crippen molar-refractivity contribution in [1.29, 1.82) is 0 Å². The van der Waals surface area contributed by atoms with Crippen molar-refractivity contribution in [2.24, 2.45) is 0 Å². The number of nitrogens with zero attached hydrogens (tertiary/aromatic N) is 3. The third kappa shape index (κ3) is 3.28. The van der Waals surface area contributed by atoms with Crippen LogP contribution < -0.4 is 5.32 Å². The van der Waals surface area contributed by atoms with Crippen LogP contribution in [0.25, 0.3) is 0 Å². The Balaban J connectivity index is 2.07. The van der Waals surface area contributed by atoms with E-state index in [4.69, 9.17) is 0 Å². The number of aryl methyl sites for hydroxylation is 1. The largest absolute Gasteiger partial charge is 0.312 e. The van der Waals surface area contributed by atoms with Crippen LogP contribution in [0.15, 0.2) is 27.6 Å². The summed E-state index contributed by atoms with van der Waals surface area (Å²) in [5.74, 6) is 0.827. The summed E-state index contributed by atoms with van der Waals surface area (Å²) in [4.78, 5) is 9.92. The zero-order chi connectivity index (χ0) is 13.0. The Hall–Kier alpha value is -0.980. The number of nitrogens with one attached hydrogen (secondary N) is 1. The molecule has 2 rings (SSSR count). The van der Waals surface area contributed by atoms with Crippen molar-refractivity contribution in [3.05, 3.63) is 29.8 Å². The Labute approximate surface area is 115 Å². The normalized spacial score (nSPS) is 12.6. The molecule has 18 heavy (non-hydrogen) atoms. The lowest BCUT2D eigenvalue weighted by molar-refractivity contribution is 0.561. The van der Waals surface area contributed by atoms with Gasteiger partial charge in [-0.2, -0.15) is 4.37 Å². The molecule has 0 aliphatic rings. The lowest BCUT2D eigenvalue weighted by Gasteiger charge is -2.12. The maximum absolute atomic E-state index is 4.50. The van der Waals surface area contributed by atoms with Gasteiger partial charge in [0, 0.05) is 17.1 Å². The minimum atomic E-state index is 0.327. The molecule has 0 amide bonds. The zero-order valence-corrected chi connectivity index (χ0v) is 12.3. The third-order valence-corrected chi connectivity index (χ3v) is 4.41. The minimum Gasteiger partial charge on any atom is -0.312 e. The van der Waals surface area contributed by atoms with Crippen LogP contribution in [0.5, 0.6) is 0 Å². The summed E-state index contributed by atoms with van der Waals surface area (Å²) in [7, 11) is 1.96. The van der Waals surface area contributed by atoms with E-state index in [0.29, 0.717) is 6.04 Å². The van der Waals surface area contributed by atoms with Crippen molar-refractivity contribution in [2.75, 3.05) is 7.05 Å². The van der Waals surface area contributed by atoms with Gasteiger partial charge in [-0.25, -0.2) is 4.98 Å². The Morgan fingerprint density at radius 3 is 2.78 bits per heavy atom. The summed E-state index contributed by atoms with van der Waals surface area (Å²) in [5.41, 5.74) is 1.08. The molecule has 2 aromatic rings. The van der Waals surface area contributed by atoms with E-state index in [1.165, 1.54) is 11.5 Å². The number of hydrogen-bond donors (Lipinski definition) is 1. The second-order valence-electron chi connectivity index (χ2n) is 3.88. The molecule has 96 valence electrons. The number of hydrogen-bond acceptors (Lipinski definition) is 6. The van der Waals surface area contributed by atoms with Gasteiger partial charge >= 0.3 is 0 Å². The van der Waals surface area contributed by atoms with Gasteiger partial charge in [0.15, 0.2) is 4.34 Å². The van der Waals surface area contributed by atoms with Gasteiger partial charge in [0.1, 0.15) is 5.82 Å². The lowest BCUT2D eigenvalue weighted by Crippen LogP contribution is -2.16. The van der Waals surface area contributed by atoms with Crippen molar-refractivity contribution in [1.82, 2.24) is 19.7 Å². The second kappa shape index (κ2) is 6.26. The van der Waals surface area contributed by atoms with Gasteiger partial charge in [-0.05, 0) is 44.1 Å². The Bertz CT molecular complexity index is 491. The van der Waals surface area contributed by atoms with Gasteiger partial charge in [-0.15, -0.1) is 0 Å². The van der Waals surface area contributed by atoms with Crippen LogP contribution in [-0.2, 0) is 0 Å². The molecule has 1 atom stereocenters. The maximum atomic E-state index is 4.50. The van der Waals surface area contributed by atoms with Crippen LogP contribution in [0.1, 0.15) is 30.9 Å². The Morgan fingerprint density at radius 1 is 1.44 bits per heavy atom. The molecule has 0 saturated carbocycles. The summed E-state index contributed by atoms with van der Waals surface area (Å²) in [6.45, 7) is 4.05. The van der Waals surface area contributed by atoms with Gasteiger partial charge in [-0.3, -0.25) is 4.98 Å². The molecule has 0 fully saturated rings. The van der Waals surface area contributed by atoms with Gasteiger partial charge in [-0.1, -0.05) is 18.7 Å². The first kappa shape index (κ1) is 13.5. The summed E-state index contributed by atoms with van der Waals surface area (Å²) in [5, 5.41) is 3.25. The third-order valence-electron chi connectivity index (χ3n) is 2.59. The second-order valence-corrected chi connectivity index (χ2v) is 5.95. The maximum Gasteiger partial charge on any atom is 0.174 e. The SMILES string of the molecule is CCC(NC)c1ccc(Sc2nc(C)ns2)cn1. The molecule has 0 bridgehead atoms. The molecule has 1 unspecified atom stereocenters. The van der Waals surface area contributed by atoms with Crippen molar-refractivity contribution < 1.29 is 0 Å². The van der Waals surface area contributed by atoms with Crippen molar-refractivity contribution in [2.45, 2.75) is 35.5 Å². The molecule has 0 radical (unpaired) electrons. The molecule has 2 aromatic heterocycles. The number of aromatic nitrogens is 3. The van der Waals surface area contributed by atoms with E-state index >= 15 is 0 Å². The predicted octanol–water partition coefficient (Wildman–Crippen LogP) is 3.06. The van der Waals surface area contributed by atoms with E-state index in [1.54, 1.807) is 11.8 Å². The van der Waals surface area contributed by atoms with Crippen LogP contribution in [0.3, 0.4) is 0 Å². The average molecular weight is 280 g/mol. The van der Waals surface area contributed by atoms with Crippen LogP contribution >= 0.6 is 23.3 Å². The summed E-state index contributed by atoms with van der Waals surface area (Å²) >= 11 is 3.03. The average Bonchev–Trinajstić information content (AvgIpc) is 2.78. The monoisotopic (exact) mass is 280 g/mol. The first-order valence-corrected chi connectivity index (χ1v) is 7.43. The van der Waals surface area contributed by atoms with E-state index in [-0.39, 0.29) is 0 Å². The molecular formula is C12H16N4S2. The predicted molar refractivity (Wildman–Crippen MR) is 75.1 cm³/mol. The van der Waals surface area contributed by atoms with Crippen molar-refractivity contribution in [3.63, 3.8) is 0 Å². The summed E-state index contributed by atoms with van der Waals surface area (Å²) < 4.78 is 5.13. The smallest absolute Gasteiger partial charge is 0.174 e. The van der Waals surface area contributed by atoms with E-state index in [1.807, 2.05) is 20.2 Å². The molecule has 0 aliphatic heterocycles. The first-order valence-electron chi connectivity index (χ1n) is 5.84. The van der Waals surface area contributed by atoms with Crippen molar-refractivity contribution in [3.8, 4) is 0 Å². The van der Waals surface area contributed by atoms with E-state index in [0.717, 1.165) is 27.2 Å². The van der Waals surface area contributed by atoms with E-state index in [2.05, 4.69) is 38.7 Å². The molecule has 0 saturated heterocycles. The topological polar surface area (TPSA) is 50.7 Å². The summed E-state index contributed by atoms with van der Waals surface area (Å²) in [6.07, 6.45) is 2.93. The zero-order valence-electron chi connectivity index (χ0n) is 10.7. The molecule has 4 nitrogen and oxygen atoms in total. The van der Waals surface area contributed by atoms with Gasteiger partial charge in [0.05, 0.1) is 5.69 Å². The summed E-state index contributed by atoms with van der Waals surface area (Å²) in [6, 6.07) is 4.48. The molecule has 0 aliphatic carbocycles. The van der Waals surface area contributed by atoms with Gasteiger partial charge in [0.2, 0.25) is 0 Å². The molecule has 6 heteroatoms. The molecular weight excluding hydrogens is 264 g/mol. The molecule has 1 N–H and O–H groups in total. The quantitative estimate of drug-likeness (QED) is 0.912. The first-order chi connectivity index (χ1) is 8.72. The van der Waals surface area contributed by atoms with Crippen molar-refractivity contribution >= 4 is 23.3 Å². The Kier molecular flexibility index (Phi) is 4.68. The van der Waals surface area contributed by atoms with Crippen LogP contribution in [0.4, 0.5) is 0 Å². The molecule has 2 heterocycles. The highest BCUT2D eigenvalue weighted by molar-refractivity contribution is 8.01. The minimum absolute atomic E-state index is 0.327. The lowest BCUT2D eigenvalue weighted by atomic mass is 10.1. The van der Waals surface area contributed by atoms with Crippen LogP contribution in [0.2, 0.25) is 0 Å². The van der Waals surface area contributed by atoms with E-state index < -0.39 is 0 Å². The fraction of sp³-hybridized carbons (Fsp3) is 0.417. The van der Waals surface area contributed by atoms with E-state index in [9.17, 15) is 0 Å². The fourth-order valence-corrected chi connectivity index (χ4v) is 3.23. The molecule has 0 spiro atoms. The van der Waals surface area contributed by atoms with Gasteiger partial charge < -0.3 is 5.32 Å². The highest BCUT2D eigenvalue weighted by Gasteiger charge is 2.08. The highest BCUT2D eigenvalue weighted by Crippen LogP contribution is 2.28.